The molecule has 8 heteroatoms. The summed E-state index contributed by atoms with van der Waals surface area (Å²) in [4.78, 5) is 6.46. The second-order valence-corrected chi connectivity index (χ2v) is 6.77. The minimum atomic E-state index is -0.831. The molecule has 3 heterocycles. The van der Waals surface area contributed by atoms with Gasteiger partial charge in [0.1, 0.15) is 11.6 Å². The molecule has 1 saturated heterocycles. The maximum absolute atomic E-state index is 10.9. The maximum Gasteiger partial charge on any atom is 0.229 e. The molecule has 1 atom stereocenters. The zero-order valence-electron chi connectivity index (χ0n) is 14.7. The highest BCUT2D eigenvalue weighted by Crippen LogP contribution is 2.26. The predicted octanol–water partition coefficient (Wildman–Crippen LogP) is 1.26. The van der Waals surface area contributed by atoms with Crippen LogP contribution in [-0.4, -0.2) is 53.6 Å². The Kier molecular flexibility index (Phi) is 4.96. The number of piperidine rings is 1. The Morgan fingerprint density at radius 1 is 1.29 bits per heavy atom. The first kappa shape index (κ1) is 17.0. The van der Waals surface area contributed by atoms with Crippen molar-refractivity contribution in [2.75, 3.05) is 13.1 Å². The molecule has 0 spiro atoms. The molecule has 1 N–H and O–H groups in total. The van der Waals surface area contributed by atoms with Crippen LogP contribution in [0.2, 0.25) is 0 Å². The third-order valence-electron chi connectivity index (χ3n) is 4.51. The number of hydrogen-bond donors (Lipinski definition) is 1. The molecule has 1 aliphatic rings. The molecule has 2 aromatic rings. The van der Waals surface area contributed by atoms with E-state index in [9.17, 15) is 5.11 Å². The zero-order chi connectivity index (χ0) is 17.2. The van der Waals surface area contributed by atoms with Crippen LogP contribution in [0, 0.1) is 13.8 Å². The van der Waals surface area contributed by atoms with E-state index >= 15 is 0 Å². The van der Waals surface area contributed by atoms with Crippen LogP contribution in [0.15, 0.2) is 4.52 Å². The lowest BCUT2D eigenvalue weighted by Crippen LogP contribution is -2.49. The van der Waals surface area contributed by atoms with E-state index in [-0.39, 0.29) is 0 Å². The average Bonchev–Trinajstić information content (AvgIpc) is 3.07. The van der Waals surface area contributed by atoms with Gasteiger partial charge in [-0.05, 0) is 39.7 Å². The van der Waals surface area contributed by atoms with Gasteiger partial charge >= 0.3 is 0 Å². The summed E-state index contributed by atoms with van der Waals surface area (Å²) in [5.74, 6) is 3.01. The molecular weight excluding hydrogens is 308 g/mol. The highest BCUT2D eigenvalue weighted by molar-refractivity contribution is 4.99. The quantitative estimate of drug-likeness (QED) is 0.850. The van der Waals surface area contributed by atoms with Crippen molar-refractivity contribution in [3.8, 4) is 0 Å². The maximum atomic E-state index is 10.9. The monoisotopic (exact) mass is 334 g/mol. The fourth-order valence-corrected chi connectivity index (χ4v) is 3.43. The van der Waals surface area contributed by atoms with Gasteiger partial charge in [0.15, 0.2) is 5.82 Å². The zero-order valence-corrected chi connectivity index (χ0v) is 14.7. The van der Waals surface area contributed by atoms with E-state index in [4.69, 9.17) is 4.52 Å². The van der Waals surface area contributed by atoms with Crippen LogP contribution in [-0.2, 0) is 19.5 Å². The van der Waals surface area contributed by atoms with Gasteiger partial charge < -0.3 is 14.2 Å². The molecule has 1 aliphatic heterocycles. The van der Waals surface area contributed by atoms with Gasteiger partial charge in [0.2, 0.25) is 5.89 Å². The molecule has 0 aromatic carbocycles. The molecule has 0 bridgehead atoms. The van der Waals surface area contributed by atoms with Gasteiger partial charge in [-0.2, -0.15) is 4.98 Å². The van der Waals surface area contributed by atoms with Gasteiger partial charge in [-0.1, -0.05) is 12.1 Å². The highest BCUT2D eigenvalue weighted by Gasteiger charge is 2.35. The number of likely N-dealkylation sites (tertiary alicyclic amines) is 1. The van der Waals surface area contributed by atoms with Gasteiger partial charge in [-0.25, -0.2) is 0 Å². The summed E-state index contributed by atoms with van der Waals surface area (Å²) in [5.41, 5.74) is -0.831. The number of nitrogens with zero attached hydrogens (tertiary/aromatic N) is 6. The third-order valence-corrected chi connectivity index (χ3v) is 4.51. The predicted molar refractivity (Wildman–Crippen MR) is 87.2 cm³/mol. The molecule has 2 aromatic heterocycles. The van der Waals surface area contributed by atoms with Crippen LogP contribution in [0.3, 0.4) is 0 Å². The number of aryl methyl sites for hydroxylation is 2. The lowest BCUT2D eigenvalue weighted by Gasteiger charge is -2.38. The van der Waals surface area contributed by atoms with Crippen molar-refractivity contribution in [3.63, 3.8) is 0 Å². The number of aromatic nitrogens is 5. The number of aliphatic hydroxyl groups is 1. The van der Waals surface area contributed by atoms with E-state index in [1.54, 1.807) is 6.92 Å². The Labute approximate surface area is 141 Å². The van der Waals surface area contributed by atoms with Crippen LogP contribution >= 0.6 is 0 Å². The molecule has 8 nitrogen and oxygen atoms in total. The standard InChI is InChI=1S/C16H26N6O2/c1-4-7-22-13(3)18-19-14(22)10-21-8-5-6-16(23,11-21)9-15-17-12(2)20-24-15/h23H,4-11H2,1-3H3. The average molecular weight is 334 g/mol. The lowest BCUT2D eigenvalue weighted by molar-refractivity contribution is -0.0382. The van der Waals surface area contributed by atoms with Gasteiger partial charge in [-0.15, -0.1) is 10.2 Å². The molecule has 0 amide bonds. The largest absolute Gasteiger partial charge is 0.388 e. The normalized spacial score (nSPS) is 22.2. The van der Waals surface area contributed by atoms with Gasteiger partial charge in [0, 0.05) is 13.1 Å². The van der Waals surface area contributed by atoms with E-state index in [0.29, 0.717) is 31.2 Å². The molecule has 132 valence electrons. The van der Waals surface area contributed by atoms with Gasteiger partial charge in [-0.3, -0.25) is 4.90 Å². The molecule has 24 heavy (non-hydrogen) atoms. The Morgan fingerprint density at radius 2 is 2.12 bits per heavy atom. The van der Waals surface area contributed by atoms with Crippen molar-refractivity contribution in [2.24, 2.45) is 0 Å². The first-order valence-corrected chi connectivity index (χ1v) is 8.62. The van der Waals surface area contributed by atoms with Gasteiger partial charge in [0.25, 0.3) is 0 Å². The second-order valence-electron chi connectivity index (χ2n) is 6.77. The highest BCUT2D eigenvalue weighted by atomic mass is 16.5. The Morgan fingerprint density at radius 3 is 2.83 bits per heavy atom. The first-order valence-electron chi connectivity index (χ1n) is 8.62. The van der Waals surface area contributed by atoms with Crippen molar-refractivity contribution in [1.29, 1.82) is 0 Å². The van der Waals surface area contributed by atoms with Crippen molar-refractivity contribution >= 4 is 0 Å². The van der Waals surface area contributed by atoms with E-state index in [0.717, 1.165) is 44.0 Å². The van der Waals surface area contributed by atoms with Crippen LogP contribution < -0.4 is 0 Å². The molecular formula is C16H26N6O2. The van der Waals surface area contributed by atoms with Crippen molar-refractivity contribution < 1.29 is 9.63 Å². The topological polar surface area (TPSA) is 93.1 Å². The molecule has 0 radical (unpaired) electrons. The van der Waals surface area contributed by atoms with E-state index in [1.807, 2.05) is 6.92 Å². The summed E-state index contributed by atoms with van der Waals surface area (Å²) >= 11 is 0. The van der Waals surface area contributed by atoms with Crippen LogP contribution in [0.4, 0.5) is 0 Å². The number of rotatable bonds is 6. The van der Waals surface area contributed by atoms with E-state index < -0.39 is 5.60 Å². The number of β-amino-alcohol motifs (C(OH)–C–C–N with tert-alkyl or cyclic N) is 1. The number of hydrogen-bond acceptors (Lipinski definition) is 7. The molecule has 1 unspecified atom stereocenters. The summed E-state index contributed by atoms with van der Waals surface area (Å²) in [6.45, 7) is 9.06. The second kappa shape index (κ2) is 6.98. The fourth-order valence-electron chi connectivity index (χ4n) is 3.43. The minimum Gasteiger partial charge on any atom is -0.388 e. The van der Waals surface area contributed by atoms with E-state index in [1.165, 1.54) is 0 Å². The van der Waals surface area contributed by atoms with Crippen molar-refractivity contribution in [3.05, 3.63) is 23.4 Å². The molecule has 3 rings (SSSR count). The molecule has 0 aliphatic carbocycles. The van der Waals surface area contributed by atoms with Crippen molar-refractivity contribution in [2.45, 2.75) is 65.1 Å². The van der Waals surface area contributed by atoms with Crippen LogP contribution in [0.5, 0.6) is 0 Å². The van der Waals surface area contributed by atoms with Crippen LogP contribution in [0.1, 0.15) is 49.6 Å². The van der Waals surface area contributed by atoms with E-state index in [2.05, 4.69) is 36.7 Å². The molecule has 0 saturated carbocycles. The Balaban J connectivity index is 1.67. The first-order chi connectivity index (χ1) is 11.5. The smallest absolute Gasteiger partial charge is 0.229 e. The SMILES string of the molecule is CCCn1c(C)nnc1CN1CCCC(O)(Cc2nc(C)no2)C1. The summed E-state index contributed by atoms with van der Waals surface area (Å²) in [6.07, 6.45) is 3.12. The summed E-state index contributed by atoms with van der Waals surface area (Å²) in [5, 5.41) is 23.3. The lowest BCUT2D eigenvalue weighted by atomic mass is 9.89. The third kappa shape index (κ3) is 3.81. The molecule has 1 fully saturated rings. The Bertz CT molecular complexity index is 682. The summed E-state index contributed by atoms with van der Waals surface area (Å²) < 4.78 is 7.34. The van der Waals surface area contributed by atoms with Crippen LogP contribution in [0.25, 0.3) is 0 Å². The van der Waals surface area contributed by atoms with Crippen molar-refractivity contribution in [1.82, 2.24) is 29.8 Å². The fraction of sp³-hybridized carbons (Fsp3) is 0.750. The summed E-state index contributed by atoms with van der Waals surface area (Å²) in [6, 6.07) is 0. The Hall–Kier alpha value is -1.80. The minimum absolute atomic E-state index is 0.394. The summed E-state index contributed by atoms with van der Waals surface area (Å²) in [7, 11) is 0. The van der Waals surface area contributed by atoms with Gasteiger partial charge in [0.05, 0.1) is 18.6 Å².